The van der Waals surface area contributed by atoms with E-state index in [0.717, 1.165) is 22.6 Å². The van der Waals surface area contributed by atoms with Gasteiger partial charge in [-0.2, -0.15) is 0 Å². The van der Waals surface area contributed by atoms with E-state index in [2.05, 4.69) is 15.5 Å². The summed E-state index contributed by atoms with van der Waals surface area (Å²) in [7, 11) is 0. The quantitative estimate of drug-likeness (QED) is 0.370. The fourth-order valence-electron chi connectivity index (χ4n) is 3.06. The molecule has 158 valence electrons. The Balaban J connectivity index is 1.52. The molecule has 2 heterocycles. The molecule has 0 aliphatic heterocycles. The molecule has 1 N–H and O–H groups in total. The Bertz CT molecular complexity index is 1190. The van der Waals surface area contributed by atoms with Crippen LogP contribution in [0.5, 0.6) is 0 Å². The van der Waals surface area contributed by atoms with Crippen LogP contribution in [-0.2, 0) is 11.3 Å². The van der Waals surface area contributed by atoms with Crippen molar-refractivity contribution in [3.05, 3.63) is 82.8 Å². The fraction of sp³-hybridized carbons (Fsp3) is 0.174. The zero-order chi connectivity index (χ0) is 21.8. The number of rotatable bonds is 7. The number of thioether (sulfide) groups is 1. The first-order valence-electron chi connectivity index (χ1n) is 9.71. The van der Waals surface area contributed by atoms with Crippen LogP contribution in [0.1, 0.15) is 16.9 Å². The lowest BCUT2D eigenvalue weighted by molar-refractivity contribution is -0.113. The molecule has 4 rings (SSSR count). The highest BCUT2D eigenvalue weighted by molar-refractivity contribution is 7.99. The average molecular weight is 453 g/mol. The topological polar surface area (TPSA) is 73.0 Å². The highest BCUT2D eigenvalue weighted by atomic mass is 35.5. The van der Waals surface area contributed by atoms with Crippen molar-refractivity contribution in [3.8, 4) is 11.4 Å². The first-order chi connectivity index (χ1) is 15.0. The van der Waals surface area contributed by atoms with Gasteiger partial charge in [0, 0.05) is 16.3 Å². The number of benzene rings is 2. The molecule has 0 fully saturated rings. The Labute approximate surface area is 189 Å². The van der Waals surface area contributed by atoms with Crippen molar-refractivity contribution < 1.29 is 9.21 Å². The van der Waals surface area contributed by atoms with Crippen LogP contribution >= 0.6 is 23.4 Å². The molecule has 4 aromatic rings. The molecule has 1 amide bonds. The van der Waals surface area contributed by atoms with E-state index in [0.29, 0.717) is 22.5 Å². The number of aromatic nitrogens is 3. The number of anilines is 1. The van der Waals surface area contributed by atoms with Crippen LogP contribution in [-0.4, -0.2) is 26.4 Å². The lowest BCUT2D eigenvalue weighted by Crippen LogP contribution is -2.15. The van der Waals surface area contributed by atoms with Crippen LogP contribution in [0.3, 0.4) is 0 Å². The van der Waals surface area contributed by atoms with Gasteiger partial charge >= 0.3 is 0 Å². The van der Waals surface area contributed by atoms with Crippen LogP contribution < -0.4 is 5.32 Å². The van der Waals surface area contributed by atoms with Crippen molar-refractivity contribution in [2.24, 2.45) is 0 Å². The number of halogens is 1. The summed E-state index contributed by atoms with van der Waals surface area (Å²) in [6, 6.07) is 17.0. The Morgan fingerprint density at radius 3 is 2.61 bits per heavy atom. The maximum Gasteiger partial charge on any atom is 0.234 e. The lowest BCUT2D eigenvalue weighted by atomic mass is 10.1. The minimum absolute atomic E-state index is 0.103. The molecule has 0 atom stereocenters. The Morgan fingerprint density at radius 1 is 1.10 bits per heavy atom. The number of hydrogen-bond acceptors (Lipinski definition) is 5. The third kappa shape index (κ3) is 5.18. The smallest absolute Gasteiger partial charge is 0.234 e. The van der Waals surface area contributed by atoms with E-state index in [1.54, 1.807) is 6.26 Å². The fourth-order valence-corrected chi connectivity index (χ4v) is 3.92. The normalized spacial score (nSPS) is 10.9. The zero-order valence-electron chi connectivity index (χ0n) is 17.1. The summed E-state index contributed by atoms with van der Waals surface area (Å²) in [6.45, 7) is 4.52. The Morgan fingerprint density at radius 2 is 1.90 bits per heavy atom. The van der Waals surface area contributed by atoms with Gasteiger partial charge in [-0.15, -0.1) is 10.2 Å². The number of nitrogens with zero attached hydrogens (tertiary/aromatic N) is 3. The summed E-state index contributed by atoms with van der Waals surface area (Å²) in [4.78, 5) is 12.5. The zero-order valence-corrected chi connectivity index (χ0v) is 18.7. The summed E-state index contributed by atoms with van der Waals surface area (Å²) in [6.07, 6.45) is 1.63. The van der Waals surface area contributed by atoms with Crippen LogP contribution in [0.2, 0.25) is 5.02 Å². The second kappa shape index (κ2) is 9.41. The predicted octanol–water partition coefficient (Wildman–Crippen LogP) is 5.59. The van der Waals surface area contributed by atoms with Crippen molar-refractivity contribution in [3.63, 3.8) is 0 Å². The van der Waals surface area contributed by atoms with Gasteiger partial charge in [-0.1, -0.05) is 29.4 Å². The molecule has 2 aromatic carbocycles. The Hall–Kier alpha value is -3.03. The summed E-state index contributed by atoms with van der Waals surface area (Å²) in [5, 5.41) is 12.9. The molecule has 2 aromatic heterocycles. The van der Waals surface area contributed by atoms with Gasteiger partial charge in [0.05, 0.1) is 18.6 Å². The first-order valence-corrected chi connectivity index (χ1v) is 11.1. The average Bonchev–Trinajstić information content (AvgIpc) is 3.40. The molecule has 0 aliphatic rings. The van der Waals surface area contributed by atoms with Crippen molar-refractivity contribution in [2.75, 3.05) is 11.1 Å². The predicted molar refractivity (Wildman–Crippen MR) is 124 cm³/mol. The number of nitrogens with one attached hydrogen (secondary N) is 1. The molecule has 0 unspecified atom stereocenters. The maximum absolute atomic E-state index is 12.5. The molecule has 6 nitrogen and oxygen atoms in total. The van der Waals surface area contributed by atoms with E-state index in [1.165, 1.54) is 17.3 Å². The van der Waals surface area contributed by atoms with E-state index in [1.807, 2.05) is 73.0 Å². The van der Waals surface area contributed by atoms with Crippen LogP contribution in [0, 0.1) is 13.8 Å². The van der Waals surface area contributed by atoms with Crippen molar-refractivity contribution in [1.82, 2.24) is 14.8 Å². The molecular formula is C23H21ClN4O2S. The number of aryl methyl sites for hydroxylation is 2. The number of amides is 1. The van der Waals surface area contributed by atoms with E-state index in [9.17, 15) is 4.79 Å². The molecular weight excluding hydrogens is 432 g/mol. The van der Waals surface area contributed by atoms with Crippen LogP contribution in [0.15, 0.2) is 70.4 Å². The standard InChI is InChI=1S/C23H21ClN4O2S/c1-15-5-10-19(12-16(15)2)25-21(29)14-31-23-27-26-22(17-6-8-18(24)9-7-17)28(23)13-20-4-3-11-30-20/h3-12H,13-14H2,1-2H3,(H,25,29). The summed E-state index contributed by atoms with van der Waals surface area (Å²) < 4.78 is 7.45. The van der Waals surface area contributed by atoms with Gasteiger partial charge in [0.2, 0.25) is 5.91 Å². The highest BCUT2D eigenvalue weighted by Crippen LogP contribution is 2.26. The maximum atomic E-state index is 12.5. The van der Waals surface area contributed by atoms with Gasteiger partial charge in [-0.25, -0.2) is 0 Å². The van der Waals surface area contributed by atoms with E-state index in [-0.39, 0.29) is 11.7 Å². The number of hydrogen-bond donors (Lipinski definition) is 1. The van der Waals surface area contributed by atoms with Gasteiger partial charge < -0.3 is 9.73 Å². The van der Waals surface area contributed by atoms with Gasteiger partial charge in [-0.05, 0) is 73.5 Å². The largest absolute Gasteiger partial charge is 0.467 e. The molecule has 0 radical (unpaired) electrons. The minimum atomic E-state index is -0.103. The van der Waals surface area contributed by atoms with E-state index in [4.69, 9.17) is 16.0 Å². The molecule has 8 heteroatoms. The number of furan rings is 1. The van der Waals surface area contributed by atoms with Gasteiger partial charge in [0.1, 0.15) is 5.76 Å². The van der Waals surface area contributed by atoms with Gasteiger partial charge in [-0.3, -0.25) is 9.36 Å². The van der Waals surface area contributed by atoms with Crippen molar-refractivity contribution >= 4 is 35.0 Å². The number of carbonyl (C=O) groups excluding carboxylic acids is 1. The third-order valence-corrected chi connectivity index (χ3v) is 6.06. The molecule has 0 bridgehead atoms. The molecule has 31 heavy (non-hydrogen) atoms. The van der Waals surface area contributed by atoms with Crippen LogP contribution in [0.4, 0.5) is 5.69 Å². The van der Waals surface area contributed by atoms with Gasteiger partial charge in [0.15, 0.2) is 11.0 Å². The summed E-state index contributed by atoms with van der Waals surface area (Å²) >= 11 is 7.35. The lowest BCUT2D eigenvalue weighted by Gasteiger charge is -2.10. The SMILES string of the molecule is Cc1ccc(NC(=O)CSc2nnc(-c3ccc(Cl)cc3)n2Cc2ccco2)cc1C. The third-order valence-electron chi connectivity index (χ3n) is 4.84. The molecule has 0 saturated carbocycles. The van der Waals surface area contributed by atoms with Crippen LogP contribution in [0.25, 0.3) is 11.4 Å². The van der Waals surface area contributed by atoms with E-state index >= 15 is 0 Å². The summed E-state index contributed by atoms with van der Waals surface area (Å²) in [5.74, 6) is 1.57. The second-order valence-corrected chi connectivity index (χ2v) is 8.49. The first kappa shape index (κ1) is 21.2. The van der Waals surface area contributed by atoms with E-state index < -0.39 is 0 Å². The highest BCUT2D eigenvalue weighted by Gasteiger charge is 2.17. The molecule has 0 aliphatic carbocycles. The molecule has 0 saturated heterocycles. The minimum Gasteiger partial charge on any atom is -0.467 e. The monoisotopic (exact) mass is 452 g/mol. The van der Waals surface area contributed by atoms with Crippen molar-refractivity contribution in [2.45, 2.75) is 25.5 Å². The van der Waals surface area contributed by atoms with Crippen molar-refractivity contribution in [1.29, 1.82) is 0 Å². The summed E-state index contributed by atoms with van der Waals surface area (Å²) in [5.41, 5.74) is 3.99. The Kier molecular flexibility index (Phi) is 6.44. The number of carbonyl (C=O) groups is 1. The second-order valence-electron chi connectivity index (χ2n) is 7.11. The van der Waals surface area contributed by atoms with Gasteiger partial charge in [0.25, 0.3) is 0 Å². The molecule has 0 spiro atoms.